The summed E-state index contributed by atoms with van der Waals surface area (Å²) in [5, 5.41) is 11.7. The van der Waals surface area contributed by atoms with E-state index in [9.17, 15) is 5.11 Å². The zero-order valence-corrected chi connectivity index (χ0v) is 12.3. The van der Waals surface area contributed by atoms with Gasteiger partial charge in [-0.15, -0.1) is 11.8 Å². The number of aromatic nitrogens is 4. The molecule has 1 aliphatic carbocycles. The molecule has 1 aromatic carbocycles. The minimum absolute atomic E-state index is 0.157. The van der Waals surface area contributed by atoms with Crippen molar-refractivity contribution >= 4 is 33.7 Å². The molecule has 5 nitrogen and oxygen atoms in total. The highest BCUT2D eigenvalue weighted by atomic mass is 32.2. The van der Waals surface area contributed by atoms with Crippen molar-refractivity contribution in [1.29, 1.82) is 0 Å². The molecular weight excluding hydrogens is 284 g/mol. The zero-order chi connectivity index (χ0) is 14.4. The van der Waals surface area contributed by atoms with Crippen LogP contribution in [0.1, 0.15) is 12.5 Å². The second kappa shape index (κ2) is 4.82. The Morgan fingerprint density at radius 1 is 1.19 bits per heavy atom. The fourth-order valence-corrected chi connectivity index (χ4v) is 3.38. The average molecular weight is 298 g/mol. The molecule has 0 amide bonds. The molecule has 0 spiro atoms. The van der Waals surface area contributed by atoms with E-state index in [1.165, 1.54) is 0 Å². The fraction of sp³-hybridized carbons (Fsp3) is 0.267. The van der Waals surface area contributed by atoms with Crippen molar-refractivity contribution in [3.8, 4) is 0 Å². The molecule has 2 aromatic heterocycles. The van der Waals surface area contributed by atoms with Gasteiger partial charge in [-0.1, -0.05) is 12.2 Å². The second-order valence-corrected chi connectivity index (χ2v) is 5.94. The van der Waals surface area contributed by atoms with E-state index in [2.05, 4.69) is 25.6 Å². The van der Waals surface area contributed by atoms with E-state index in [0.717, 1.165) is 27.0 Å². The van der Waals surface area contributed by atoms with E-state index >= 15 is 0 Å². The van der Waals surface area contributed by atoms with Gasteiger partial charge in [0.2, 0.25) is 0 Å². The Hall–Kier alpha value is -1.92. The summed E-state index contributed by atoms with van der Waals surface area (Å²) in [5.41, 5.74) is 2.89. The first kappa shape index (κ1) is 12.8. The topological polar surface area (TPSA) is 63.8 Å². The van der Waals surface area contributed by atoms with Gasteiger partial charge in [-0.25, -0.2) is 15.0 Å². The van der Waals surface area contributed by atoms with Crippen LogP contribution in [0.15, 0.2) is 42.0 Å². The third kappa shape index (κ3) is 2.02. The predicted octanol–water partition coefficient (Wildman–Crippen LogP) is 2.56. The summed E-state index contributed by atoms with van der Waals surface area (Å²) >= 11 is 1.61. The van der Waals surface area contributed by atoms with Crippen molar-refractivity contribution < 1.29 is 5.11 Å². The van der Waals surface area contributed by atoms with Gasteiger partial charge in [0.1, 0.15) is 11.4 Å². The van der Waals surface area contributed by atoms with E-state index < -0.39 is 0 Å². The molecule has 0 bridgehead atoms. The van der Waals surface area contributed by atoms with Crippen molar-refractivity contribution in [2.45, 2.75) is 23.6 Å². The molecule has 2 heterocycles. The lowest BCUT2D eigenvalue weighted by Crippen LogP contribution is -2.07. The molecule has 4 rings (SSSR count). The number of hydrogen-bond acceptors (Lipinski definition) is 5. The minimum Gasteiger partial charge on any atom is -0.389 e. The molecule has 2 atom stereocenters. The maximum Gasteiger partial charge on any atom is 0.117 e. The van der Waals surface area contributed by atoms with Crippen LogP contribution in [0.2, 0.25) is 0 Å². The third-order valence-electron chi connectivity index (χ3n) is 3.88. The number of allylic oxidation sites excluding steroid dienone is 1. The van der Waals surface area contributed by atoms with Gasteiger partial charge in [0.25, 0.3) is 0 Å². The van der Waals surface area contributed by atoms with Crippen molar-refractivity contribution in [1.82, 2.24) is 19.5 Å². The Morgan fingerprint density at radius 2 is 2.10 bits per heavy atom. The molecule has 0 radical (unpaired) electrons. The molecule has 21 heavy (non-hydrogen) atoms. The lowest BCUT2D eigenvalue weighted by Gasteiger charge is -2.12. The van der Waals surface area contributed by atoms with Crippen LogP contribution in [0, 0.1) is 0 Å². The Bertz CT molecular complexity index is 857. The van der Waals surface area contributed by atoms with Gasteiger partial charge in [-0.2, -0.15) is 0 Å². The molecule has 1 aliphatic rings. The smallest absolute Gasteiger partial charge is 0.117 e. The number of imidazole rings is 1. The van der Waals surface area contributed by atoms with E-state index in [0.29, 0.717) is 6.42 Å². The number of benzene rings is 1. The van der Waals surface area contributed by atoms with Crippen molar-refractivity contribution in [2.75, 3.05) is 6.26 Å². The highest BCUT2D eigenvalue weighted by molar-refractivity contribution is 7.98. The Labute approximate surface area is 125 Å². The average Bonchev–Trinajstić information content (AvgIpc) is 3.10. The fourth-order valence-electron chi connectivity index (χ4n) is 2.85. The number of aliphatic hydroxyl groups excluding tert-OH is 1. The monoisotopic (exact) mass is 298 g/mol. The van der Waals surface area contributed by atoms with Crippen LogP contribution in [0.4, 0.5) is 0 Å². The van der Waals surface area contributed by atoms with Crippen LogP contribution in [0.3, 0.4) is 0 Å². The maximum absolute atomic E-state index is 9.67. The predicted molar refractivity (Wildman–Crippen MR) is 83.4 cm³/mol. The molecule has 106 valence electrons. The summed E-state index contributed by atoms with van der Waals surface area (Å²) in [4.78, 5) is 13.2. The van der Waals surface area contributed by atoms with E-state index in [-0.39, 0.29) is 12.1 Å². The van der Waals surface area contributed by atoms with Crippen LogP contribution in [-0.2, 0) is 0 Å². The standard InChI is InChI=1S/C15H14N4OS/c1-21-15-11-5-13-14(6-12(11)16-7-17-15)19(8-18-13)9-2-3-10(20)4-9/h2-3,5-10,20H,4H2,1H3/t9-,10+/m0/s1. The number of thioether (sulfide) groups is 1. The highest BCUT2D eigenvalue weighted by Crippen LogP contribution is 2.31. The minimum atomic E-state index is -0.363. The number of rotatable bonds is 2. The third-order valence-corrected chi connectivity index (χ3v) is 4.60. The number of aliphatic hydroxyl groups is 1. The Kier molecular flexibility index (Phi) is 2.94. The van der Waals surface area contributed by atoms with Crippen LogP contribution in [0.25, 0.3) is 21.9 Å². The second-order valence-electron chi connectivity index (χ2n) is 5.15. The van der Waals surface area contributed by atoms with Gasteiger partial charge in [0.15, 0.2) is 0 Å². The number of hydrogen-bond donors (Lipinski definition) is 1. The summed E-state index contributed by atoms with van der Waals surface area (Å²) in [6.45, 7) is 0. The van der Waals surface area contributed by atoms with E-state index in [1.54, 1.807) is 18.1 Å². The lowest BCUT2D eigenvalue weighted by molar-refractivity contribution is 0.211. The van der Waals surface area contributed by atoms with E-state index in [1.807, 2.05) is 30.8 Å². The summed E-state index contributed by atoms with van der Waals surface area (Å²) in [6.07, 6.45) is 9.65. The summed E-state index contributed by atoms with van der Waals surface area (Å²) < 4.78 is 2.10. The SMILES string of the molecule is CSc1ncnc2cc3c(cc12)ncn3[C@H]1C=C[C@@H](O)C1. The largest absolute Gasteiger partial charge is 0.389 e. The van der Waals surface area contributed by atoms with Crippen molar-refractivity contribution in [2.24, 2.45) is 0 Å². The van der Waals surface area contributed by atoms with E-state index in [4.69, 9.17) is 0 Å². The normalized spacial score (nSPS) is 21.6. The van der Waals surface area contributed by atoms with Gasteiger partial charge in [0.05, 0.1) is 35.0 Å². The highest BCUT2D eigenvalue weighted by Gasteiger charge is 2.20. The summed E-state index contributed by atoms with van der Waals surface area (Å²) in [5.74, 6) is 0. The molecule has 0 saturated carbocycles. The summed E-state index contributed by atoms with van der Waals surface area (Å²) in [6, 6.07) is 4.25. The van der Waals surface area contributed by atoms with Crippen molar-refractivity contribution in [3.63, 3.8) is 0 Å². The molecular formula is C15H14N4OS. The van der Waals surface area contributed by atoms with Crippen LogP contribution < -0.4 is 0 Å². The first-order valence-corrected chi connectivity index (χ1v) is 8.00. The van der Waals surface area contributed by atoms with Crippen molar-refractivity contribution in [3.05, 3.63) is 36.9 Å². The molecule has 0 unspecified atom stereocenters. The first-order chi connectivity index (χ1) is 10.3. The van der Waals surface area contributed by atoms with Gasteiger partial charge < -0.3 is 9.67 Å². The van der Waals surface area contributed by atoms with Crippen LogP contribution >= 0.6 is 11.8 Å². The molecule has 1 N–H and O–H groups in total. The van der Waals surface area contributed by atoms with Gasteiger partial charge in [-0.05, 0) is 18.4 Å². The quantitative estimate of drug-likeness (QED) is 0.447. The number of fused-ring (bicyclic) bond motifs is 2. The maximum atomic E-state index is 9.67. The zero-order valence-electron chi connectivity index (χ0n) is 11.5. The van der Waals surface area contributed by atoms with Crippen LogP contribution in [0.5, 0.6) is 0 Å². The van der Waals surface area contributed by atoms with Gasteiger partial charge in [0, 0.05) is 11.8 Å². The molecule has 3 aromatic rings. The Morgan fingerprint density at radius 3 is 2.86 bits per heavy atom. The molecule has 0 aliphatic heterocycles. The van der Waals surface area contributed by atoms with Gasteiger partial charge >= 0.3 is 0 Å². The summed E-state index contributed by atoms with van der Waals surface area (Å²) in [7, 11) is 0. The molecule has 6 heteroatoms. The van der Waals surface area contributed by atoms with Crippen LogP contribution in [-0.4, -0.2) is 37.0 Å². The lowest BCUT2D eigenvalue weighted by atomic mass is 10.2. The Balaban J connectivity index is 1.92. The first-order valence-electron chi connectivity index (χ1n) is 6.78. The molecule has 0 fully saturated rings. The van der Waals surface area contributed by atoms with Gasteiger partial charge in [-0.3, -0.25) is 0 Å². The molecule has 0 saturated heterocycles. The number of nitrogens with zero attached hydrogens (tertiary/aromatic N) is 4.